The zero-order valence-electron chi connectivity index (χ0n) is 13.1. The van der Waals surface area contributed by atoms with Crippen molar-refractivity contribution in [2.75, 3.05) is 0 Å². The van der Waals surface area contributed by atoms with Crippen molar-refractivity contribution in [2.45, 2.75) is 18.8 Å². The minimum atomic E-state index is -0.904. The number of benzene rings is 2. The third-order valence-corrected chi connectivity index (χ3v) is 4.47. The number of hydrogen-bond donors (Lipinski definition) is 1. The van der Waals surface area contributed by atoms with Crippen molar-refractivity contribution >= 4 is 5.97 Å². The monoisotopic (exact) mass is 315 g/mol. The van der Waals surface area contributed by atoms with Gasteiger partial charge in [0.1, 0.15) is 0 Å². The summed E-state index contributed by atoms with van der Waals surface area (Å²) >= 11 is 0. The lowest BCUT2D eigenvalue weighted by molar-refractivity contribution is 0.0697. The van der Waals surface area contributed by atoms with Crippen LogP contribution < -0.4 is 0 Å². The SMILES string of the molecule is O=C(O)c1ccc(-c2ccc(-c3ccc(C4CC4)nc3)cc2)cc1. The maximum absolute atomic E-state index is 10.9. The Hall–Kier alpha value is -2.94. The van der Waals surface area contributed by atoms with Crippen LogP contribution >= 0.6 is 0 Å². The highest BCUT2D eigenvalue weighted by Crippen LogP contribution is 2.39. The van der Waals surface area contributed by atoms with Crippen molar-refractivity contribution in [1.82, 2.24) is 4.98 Å². The molecule has 1 aromatic heterocycles. The van der Waals surface area contributed by atoms with Gasteiger partial charge in [0.2, 0.25) is 0 Å². The molecule has 3 nitrogen and oxygen atoms in total. The highest BCUT2D eigenvalue weighted by atomic mass is 16.4. The van der Waals surface area contributed by atoms with Crippen LogP contribution in [0.3, 0.4) is 0 Å². The van der Waals surface area contributed by atoms with Crippen molar-refractivity contribution in [3.8, 4) is 22.3 Å². The zero-order valence-corrected chi connectivity index (χ0v) is 13.1. The minimum absolute atomic E-state index is 0.303. The number of carboxylic acid groups (broad SMARTS) is 1. The summed E-state index contributed by atoms with van der Waals surface area (Å²) in [5, 5.41) is 8.96. The van der Waals surface area contributed by atoms with Crippen molar-refractivity contribution in [2.24, 2.45) is 0 Å². The Morgan fingerprint density at radius 3 is 1.75 bits per heavy atom. The third-order valence-electron chi connectivity index (χ3n) is 4.47. The largest absolute Gasteiger partial charge is 0.478 e. The van der Waals surface area contributed by atoms with Crippen LogP contribution in [0.15, 0.2) is 66.9 Å². The number of nitrogens with zero attached hydrogens (tertiary/aromatic N) is 1. The van der Waals surface area contributed by atoms with Crippen molar-refractivity contribution in [1.29, 1.82) is 0 Å². The molecule has 24 heavy (non-hydrogen) atoms. The molecule has 0 spiro atoms. The first-order valence-electron chi connectivity index (χ1n) is 8.11. The normalized spacial score (nSPS) is 13.7. The lowest BCUT2D eigenvalue weighted by Crippen LogP contribution is -1.94. The highest BCUT2D eigenvalue weighted by molar-refractivity contribution is 5.88. The van der Waals surface area contributed by atoms with Crippen LogP contribution in [0, 0.1) is 0 Å². The summed E-state index contributed by atoms with van der Waals surface area (Å²) in [7, 11) is 0. The lowest BCUT2D eigenvalue weighted by Gasteiger charge is -2.06. The zero-order chi connectivity index (χ0) is 16.5. The standard InChI is InChI=1S/C21H17NO2/c23-21(24)18-9-5-15(6-10-18)14-1-3-16(4-2-14)19-11-12-20(22-13-19)17-7-8-17/h1-6,9-13,17H,7-8H2,(H,23,24). The summed E-state index contributed by atoms with van der Waals surface area (Å²) in [6.45, 7) is 0. The molecule has 1 heterocycles. The Bertz CT molecular complexity index is 861. The average molecular weight is 315 g/mol. The molecule has 1 aliphatic rings. The van der Waals surface area contributed by atoms with Gasteiger partial charge in [-0.25, -0.2) is 4.79 Å². The molecule has 2 aromatic carbocycles. The van der Waals surface area contributed by atoms with Gasteiger partial charge in [-0.1, -0.05) is 42.5 Å². The lowest BCUT2D eigenvalue weighted by atomic mass is 10.00. The average Bonchev–Trinajstić information content (AvgIpc) is 3.47. The molecule has 3 aromatic rings. The van der Waals surface area contributed by atoms with Gasteiger partial charge in [0.05, 0.1) is 5.56 Å². The predicted molar refractivity (Wildman–Crippen MR) is 94.0 cm³/mol. The quantitative estimate of drug-likeness (QED) is 0.738. The molecule has 1 fully saturated rings. The van der Waals surface area contributed by atoms with E-state index in [0.29, 0.717) is 11.5 Å². The van der Waals surface area contributed by atoms with Crippen molar-refractivity contribution in [3.05, 3.63) is 78.1 Å². The van der Waals surface area contributed by atoms with E-state index < -0.39 is 5.97 Å². The molecule has 4 rings (SSSR count). The number of carboxylic acids is 1. The topological polar surface area (TPSA) is 50.2 Å². The molecular weight excluding hydrogens is 298 g/mol. The van der Waals surface area contributed by atoms with E-state index in [4.69, 9.17) is 5.11 Å². The number of pyridine rings is 1. The maximum Gasteiger partial charge on any atom is 0.335 e. The summed E-state index contributed by atoms with van der Waals surface area (Å²) in [5.74, 6) is -0.228. The van der Waals surface area contributed by atoms with Crippen LogP contribution in [0.2, 0.25) is 0 Å². The van der Waals surface area contributed by atoms with Crippen LogP contribution in [-0.4, -0.2) is 16.1 Å². The van der Waals surface area contributed by atoms with E-state index in [0.717, 1.165) is 22.3 Å². The fraction of sp³-hybridized carbons (Fsp3) is 0.143. The molecule has 0 bridgehead atoms. The number of aromatic nitrogens is 1. The molecule has 0 radical (unpaired) electrons. The first-order chi connectivity index (χ1) is 11.7. The van der Waals surface area contributed by atoms with Crippen LogP contribution in [0.1, 0.15) is 34.8 Å². The first-order valence-corrected chi connectivity index (χ1v) is 8.11. The van der Waals surface area contributed by atoms with Crippen LogP contribution in [0.25, 0.3) is 22.3 Å². The van der Waals surface area contributed by atoms with E-state index >= 15 is 0 Å². The Balaban J connectivity index is 1.56. The Morgan fingerprint density at radius 1 is 0.792 bits per heavy atom. The summed E-state index contributed by atoms with van der Waals surface area (Å²) in [6, 6.07) is 19.5. The molecule has 0 atom stereocenters. The molecule has 1 N–H and O–H groups in total. The fourth-order valence-corrected chi connectivity index (χ4v) is 2.86. The van der Waals surface area contributed by atoms with Crippen molar-refractivity contribution < 1.29 is 9.90 Å². The smallest absolute Gasteiger partial charge is 0.335 e. The first kappa shape index (κ1) is 14.6. The van der Waals surface area contributed by atoms with Gasteiger partial charge in [0.25, 0.3) is 0 Å². The van der Waals surface area contributed by atoms with Gasteiger partial charge in [-0.05, 0) is 47.7 Å². The summed E-state index contributed by atoms with van der Waals surface area (Å²) in [5.41, 5.74) is 5.83. The molecule has 0 saturated heterocycles. The molecule has 0 aliphatic heterocycles. The predicted octanol–water partition coefficient (Wildman–Crippen LogP) is 4.99. The molecule has 1 saturated carbocycles. The van der Waals surface area contributed by atoms with Gasteiger partial charge in [0, 0.05) is 23.4 Å². The third kappa shape index (κ3) is 2.93. The van der Waals surface area contributed by atoms with Crippen LogP contribution in [-0.2, 0) is 0 Å². The van der Waals surface area contributed by atoms with Gasteiger partial charge in [0.15, 0.2) is 0 Å². The molecule has 1 aliphatic carbocycles. The summed E-state index contributed by atoms with van der Waals surface area (Å²) < 4.78 is 0. The summed E-state index contributed by atoms with van der Waals surface area (Å²) in [4.78, 5) is 15.5. The van der Waals surface area contributed by atoms with Crippen LogP contribution in [0.4, 0.5) is 0 Å². The number of aromatic carboxylic acids is 1. The Labute approximate surface area is 140 Å². The second-order valence-electron chi connectivity index (χ2n) is 6.21. The van der Waals surface area contributed by atoms with Gasteiger partial charge < -0.3 is 5.11 Å². The molecule has 0 unspecified atom stereocenters. The van der Waals surface area contributed by atoms with Crippen LogP contribution in [0.5, 0.6) is 0 Å². The maximum atomic E-state index is 10.9. The molecular formula is C21H17NO2. The fourth-order valence-electron chi connectivity index (χ4n) is 2.86. The van der Waals surface area contributed by atoms with Gasteiger partial charge in [-0.2, -0.15) is 0 Å². The molecule has 3 heteroatoms. The van der Waals surface area contributed by atoms with Gasteiger partial charge in [-0.15, -0.1) is 0 Å². The second-order valence-corrected chi connectivity index (χ2v) is 6.21. The van der Waals surface area contributed by atoms with E-state index in [1.807, 2.05) is 18.3 Å². The molecule has 118 valence electrons. The van der Waals surface area contributed by atoms with Crippen molar-refractivity contribution in [3.63, 3.8) is 0 Å². The van der Waals surface area contributed by atoms with E-state index in [9.17, 15) is 4.79 Å². The number of carbonyl (C=O) groups is 1. The van der Waals surface area contributed by atoms with Gasteiger partial charge >= 0.3 is 5.97 Å². The van der Waals surface area contributed by atoms with E-state index in [2.05, 4.69) is 41.4 Å². The number of rotatable bonds is 4. The molecule has 0 amide bonds. The summed E-state index contributed by atoms with van der Waals surface area (Å²) in [6.07, 6.45) is 4.48. The van der Waals surface area contributed by atoms with E-state index in [1.54, 1.807) is 12.1 Å². The second kappa shape index (κ2) is 5.93. The van der Waals surface area contributed by atoms with Gasteiger partial charge in [-0.3, -0.25) is 4.98 Å². The number of hydrogen-bond acceptors (Lipinski definition) is 2. The van der Waals surface area contributed by atoms with E-state index in [-0.39, 0.29) is 0 Å². The Kier molecular flexibility index (Phi) is 3.62. The minimum Gasteiger partial charge on any atom is -0.478 e. The highest BCUT2D eigenvalue weighted by Gasteiger charge is 2.24. The van der Waals surface area contributed by atoms with E-state index in [1.165, 1.54) is 18.5 Å². The Morgan fingerprint density at radius 2 is 1.29 bits per heavy atom.